The predicted molar refractivity (Wildman–Crippen MR) is 121 cm³/mol. The summed E-state index contributed by atoms with van der Waals surface area (Å²) in [5.74, 6) is -0.836. The molecule has 0 bridgehead atoms. The van der Waals surface area contributed by atoms with Crippen LogP contribution in [-0.2, 0) is 9.53 Å². The van der Waals surface area contributed by atoms with Gasteiger partial charge in [-0.15, -0.1) is 0 Å². The number of ether oxygens (including phenoxy) is 3. The van der Waals surface area contributed by atoms with Crippen molar-refractivity contribution in [3.63, 3.8) is 0 Å². The lowest BCUT2D eigenvalue weighted by atomic mass is 9.98. The second-order valence-corrected chi connectivity index (χ2v) is 9.77. The van der Waals surface area contributed by atoms with Crippen LogP contribution in [0.4, 0.5) is 4.79 Å². The monoisotopic (exact) mass is 543 g/mol. The van der Waals surface area contributed by atoms with E-state index in [9.17, 15) is 14.7 Å². The van der Waals surface area contributed by atoms with Gasteiger partial charge in [-0.3, -0.25) is 4.90 Å². The average molecular weight is 543 g/mol. The normalized spacial score (nSPS) is 21.2. The minimum absolute atomic E-state index is 0.0527. The number of hydrogen-bond donors (Lipinski definition) is 1. The lowest BCUT2D eigenvalue weighted by Gasteiger charge is -2.32. The minimum atomic E-state index is -1.47. The van der Waals surface area contributed by atoms with Gasteiger partial charge in [0.1, 0.15) is 17.2 Å². The van der Waals surface area contributed by atoms with Crippen LogP contribution in [0.5, 0.6) is 11.9 Å². The molecular weight excluding hydrogens is 517 g/mol. The summed E-state index contributed by atoms with van der Waals surface area (Å²) in [7, 11) is 0. The van der Waals surface area contributed by atoms with Gasteiger partial charge in [-0.05, 0) is 75.4 Å². The van der Waals surface area contributed by atoms with Crippen LogP contribution in [0, 0.1) is 3.57 Å². The Morgan fingerprint density at radius 1 is 1.32 bits per heavy atom. The third-order valence-corrected chi connectivity index (χ3v) is 5.51. The molecule has 0 saturated carbocycles. The van der Waals surface area contributed by atoms with Crippen LogP contribution in [0.25, 0.3) is 10.9 Å². The van der Waals surface area contributed by atoms with Gasteiger partial charge in [-0.25, -0.2) is 9.59 Å². The highest BCUT2D eigenvalue weighted by molar-refractivity contribution is 14.1. The lowest BCUT2D eigenvalue weighted by molar-refractivity contribution is -0.148. The number of benzene rings is 1. The molecule has 1 amide bonds. The molecule has 1 aliphatic rings. The SMILES string of the molecule is CCOc1nc(O[C@H]2CN(C(=O)OC(C)(C)C)[C@](C)(C(=O)O)C2)c2cc(I)ccc2n1. The molecule has 1 aromatic carbocycles. The highest BCUT2D eigenvalue weighted by Gasteiger charge is 2.52. The van der Waals surface area contributed by atoms with Crippen molar-refractivity contribution in [2.75, 3.05) is 13.2 Å². The summed E-state index contributed by atoms with van der Waals surface area (Å²) in [6, 6.07) is 5.82. The van der Waals surface area contributed by atoms with Crippen molar-refractivity contribution < 1.29 is 28.9 Å². The van der Waals surface area contributed by atoms with Crippen molar-refractivity contribution in [1.29, 1.82) is 0 Å². The summed E-state index contributed by atoms with van der Waals surface area (Å²) in [5, 5.41) is 10.5. The molecule has 0 spiro atoms. The fourth-order valence-corrected chi connectivity index (χ4v) is 3.88. The smallest absolute Gasteiger partial charge is 0.411 e. The molecular formula is C21H26IN3O6. The number of nitrogens with zero attached hydrogens (tertiary/aromatic N) is 3. The van der Waals surface area contributed by atoms with Crippen LogP contribution < -0.4 is 9.47 Å². The van der Waals surface area contributed by atoms with Crippen molar-refractivity contribution in [1.82, 2.24) is 14.9 Å². The Hall–Kier alpha value is -2.37. The Morgan fingerprint density at radius 3 is 2.65 bits per heavy atom. The van der Waals surface area contributed by atoms with E-state index in [2.05, 4.69) is 32.6 Å². The molecule has 2 atom stereocenters. The second-order valence-electron chi connectivity index (χ2n) is 8.52. The summed E-state index contributed by atoms with van der Waals surface area (Å²) in [6.07, 6.45) is -1.21. The van der Waals surface area contributed by atoms with Crippen LogP contribution in [0.3, 0.4) is 0 Å². The van der Waals surface area contributed by atoms with E-state index in [-0.39, 0.29) is 24.9 Å². The summed E-state index contributed by atoms with van der Waals surface area (Å²) >= 11 is 2.18. The number of aromatic nitrogens is 2. The number of rotatable bonds is 5. The molecule has 3 rings (SSSR count). The van der Waals surface area contributed by atoms with E-state index < -0.39 is 29.3 Å². The summed E-state index contributed by atoms with van der Waals surface area (Å²) in [5.41, 5.74) is -1.56. The van der Waals surface area contributed by atoms with Gasteiger partial charge in [0.05, 0.1) is 24.1 Å². The number of amides is 1. The number of carboxylic acids is 1. The topological polar surface area (TPSA) is 111 Å². The zero-order valence-corrected chi connectivity index (χ0v) is 20.3. The van der Waals surface area contributed by atoms with Crippen molar-refractivity contribution in [2.24, 2.45) is 0 Å². The number of hydrogen-bond acceptors (Lipinski definition) is 7. The molecule has 1 aliphatic heterocycles. The molecule has 1 aromatic heterocycles. The van der Waals surface area contributed by atoms with E-state index in [1.165, 1.54) is 11.8 Å². The maximum absolute atomic E-state index is 12.7. The number of fused-ring (bicyclic) bond motifs is 1. The Kier molecular flexibility index (Phi) is 6.49. The van der Waals surface area contributed by atoms with Crippen molar-refractivity contribution in [3.05, 3.63) is 21.8 Å². The van der Waals surface area contributed by atoms with Crippen molar-refractivity contribution in [2.45, 2.75) is 58.3 Å². The Labute approximate surface area is 194 Å². The van der Waals surface area contributed by atoms with Gasteiger partial charge >= 0.3 is 18.1 Å². The fourth-order valence-electron chi connectivity index (χ4n) is 3.39. The van der Waals surface area contributed by atoms with E-state index in [1.807, 2.05) is 25.1 Å². The first kappa shape index (κ1) is 23.3. The molecule has 0 unspecified atom stereocenters. The zero-order chi connectivity index (χ0) is 23.0. The van der Waals surface area contributed by atoms with Gasteiger partial charge in [0.15, 0.2) is 0 Å². The Balaban J connectivity index is 1.94. The van der Waals surface area contributed by atoms with Crippen LogP contribution >= 0.6 is 22.6 Å². The average Bonchev–Trinajstić information content (AvgIpc) is 2.99. The van der Waals surface area contributed by atoms with Gasteiger partial charge in [0.2, 0.25) is 5.88 Å². The minimum Gasteiger partial charge on any atom is -0.480 e. The molecule has 10 heteroatoms. The van der Waals surface area contributed by atoms with Gasteiger partial charge < -0.3 is 19.3 Å². The molecule has 1 fully saturated rings. The maximum atomic E-state index is 12.7. The number of likely N-dealkylation sites (tertiary alicyclic amines) is 1. The van der Waals surface area contributed by atoms with Gasteiger partial charge in [0, 0.05) is 9.99 Å². The van der Waals surface area contributed by atoms with Crippen molar-refractivity contribution in [3.8, 4) is 11.9 Å². The number of aliphatic carboxylic acids is 1. The van der Waals surface area contributed by atoms with Gasteiger partial charge in [-0.2, -0.15) is 9.97 Å². The molecule has 1 saturated heterocycles. The Morgan fingerprint density at radius 2 is 2.03 bits per heavy atom. The number of carbonyl (C=O) groups excluding carboxylic acids is 1. The van der Waals surface area contributed by atoms with Crippen LogP contribution in [0.2, 0.25) is 0 Å². The number of carbonyl (C=O) groups is 2. The van der Waals surface area contributed by atoms with E-state index in [0.29, 0.717) is 17.5 Å². The molecule has 9 nitrogen and oxygen atoms in total. The third kappa shape index (κ3) is 5.10. The maximum Gasteiger partial charge on any atom is 0.411 e. The predicted octanol–water partition coefficient (Wildman–Crippen LogP) is 3.86. The van der Waals surface area contributed by atoms with Gasteiger partial charge in [0.25, 0.3) is 0 Å². The Bertz CT molecular complexity index is 1010. The summed E-state index contributed by atoms with van der Waals surface area (Å²) in [4.78, 5) is 34.7. The quantitative estimate of drug-likeness (QED) is 0.567. The first-order valence-electron chi connectivity index (χ1n) is 9.93. The van der Waals surface area contributed by atoms with Gasteiger partial charge in [-0.1, -0.05) is 0 Å². The zero-order valence-electron chi connectivity index (χ0n) is 18.1. The summed E-state index contributed by atoms with van der Waals surface area (Å²) < 4.78 is 18.0. The molecule has 0 aliphatic carbocycles. The standard InChI is InChI=1S/C21H26IN3O6/c1-6-29-18-23-15-8-7-12(22)9-14(15)16(24-18)30-13-10-21(5,17(26)27)25(11-13)19(28)31-20(2,3)4/h7-9,13H,6,10-11H2,1-5H3,(H,26,27)/t13-,21+/m1/s1. The fraction of sp³-hybridized carbons (Fsp3) is 0.524. The molecule has 2 heterocycles. The van der Waals surface area contributed by atoms with E-state index in [0.717, 1.165) is 3.57 Å². The molecule has 1 N–H and O–H groups in total. The largest absolute Gasteiger partial charge is 0.480 e. The molecule has 2 aromatic rings. The van der Waals surface area contributed by atoms with E-state index in [1.54, 1.807) is 20.8 Å². The van der Waals surface area contributed by atoms with Crippen LogP contribution in [-0.4, -0.2) is 62.4 Å². The summed E-state index contributed by atoms with van der Waals surface area (Å²) in [6.45, 7) is 8.97. The first-order valence-corrected chi connectivity index (χ1v) is 11.0. The second kappa shape index (κ2) is 8.64. The highest BCUT2D eigenvalue weighted by Crippen LogP contribution is 2.35. The van der Waals surface area contributed by atoms with Crippen molar-refractivity contribution >= 4 is 45.6 Å². The lowest BCUT2D eigenvalue weighted by Crippen LogP contribution is -2.52. The molecule has 31 heavy (non-hydrogen) atoms. The van der Waals surface area contributed by atoms with Crippen LogP contribution in [0.15, 0.2) is 18.2 Å². The number of halogens is 1. The van der Waals surface area contributed by atoms with E-state index in [4.69, 9.17) is 14.2 Å². The molecule has 0 radical (unpaired) electrons. The third-order valence-electron chi connectivity index (χ3n) is 4.84. The van der Waals surface area contributed by atoms with Crippen LogP contribution in [0.1, 0.15) is 41.0 Å². The number of carboxylic acid groups (broad SMARTS) is 1. The first-order chi connectivity index (χ1) is 14.4. The van der Waals surface area contributed by atoms with E-state index >= 15 is 0 Å². The highest BCUT2D eigenvalue weighted by atomic mass is 127. The molecule has 168 valence electrons.